The molecule has 1 aromatic carbocycles. The lowest BCUT2D eigenvalue weighted by atomic mass is 9.93. The summed E-state index contributed by atoms with van der Waals surface area (Å²) in [6.45, 7) is 6.88. The molecule has 0 aromatic heterocycles. The highest BCUT2D eigenvalue weighted by Crippen LogP contribution is 2.30. The van der Waals surface area contributed by atoms with Gasteiger partial charge in [-0.05, 0) is 59.4 Å². The highest BCUT2D eigenvalue weighted by molar-refractivity contribution is 9.10. The Hall–Kier alpha value is -2.13. The third-order valence-corrected chi connectivity index (χ3v) is 10.1. The maximum Gasteiger partial charge on any atom is 0.338 e. The Balaban J connectivity index is 1.73. The molecule has 1 aliphatic carbocycles. The predicted molar refractivity (Wildman–Crippen MR) is 198 cm³/mol. The molecule has 274 valence electrons. The van der Waals surface area contributed by atoms with E-state index in [1.165, 1.54) is 116 Å². The first-order chi connectivity index (χ1) is 23.2. The first-order valence-corrected chi connectivity index (χ1v) is 19.9. The summed E-state index contributed by atoms with van der Waals surface area (Å²) >= 11 is 3.52. The topological polar surface area (TPSA) is 108 Å². The standard InChI is InChI=1S/C39H65BrN2O6/c1-4-6-7-8-9-10-11-12-13-14-15-16-17-18-22-25-37(44)48-35(29-46-31(3)43)30-47-39(45)32-26-33(38(41)36(40)27-32)28-42(5-2)34-23-20-19-21-24-34/h26-27,34-35H,4-25,28-30,41H2,1-3H3. The lowest BCUT2D eigenvalue weighted by Gasteiger charge is -2.34. The van der Waals surface area contributed by atoms with Crippen LogP contribution < -0.4 is 5.73 Å². The molecule has 2 rings (SSSR count). The molecule has 48 heavy (non-hydrogen) atoms. The van der Waals surface area contributed by atoms with Gasteiger partial charge in [-0.25, -0.2) is 4.79 Å². The van der Waals surface area contributed by atoms with Crippen LogP contribution in [0.25, 0.3) is 0 Å². The number of esters is 3. The summed E-state index contributed by atoms with van der Waals surface area (Å²) in [6, 6.07) is 3.96. The quantitative estimate of drug-likeness (QED) is 0.0433. The molecule has 0 amide bonds. The van der Waals surface area contributed by atoms with Crippen molar-refractivity contribution in [3.05, 3.63) is 27.7 Å². The summed E-state index contributed by atoms with van der Waals surface area (Å²) in [5, 5.41) is 0. The summed E-state index contributed by atoms with van der Waals surface area (Å²) in [7, 11) is 0. The molecule has 1 aromatic rings. The van der Waals surface area contributed by atoms with Gasteiger partial charge in [-0.1, -0.05) is 123 Å². The Morgan fingerprint density at radius 1 is 0.812 bits per heavy atom. The predicted octanol–water partition coefficient (Wildman–Crippen LogP) is 10.1. The Morgan fingerprint density at radius 2 is 1.35 bits per heavy atom. The summed E-state index contributed by atoms with van der Waals surface area (Å²) < 4.78 is 16.9. The Bertz CT molecular complexity index is 1060. The zero-order chi connectivity index (χ0) is 35.0. The van der Waals surface area contributed by atoms with Crippen LogP contribution in [-0.4, -0.2) is 54.7 Å². The van der Waals surface area contributed by atoms with Crippen LogP contribution in [0.15, 0.2) is 16.6 Å². The number of nitrogen functional groups attached to an aromatic ring is 1. The van der Waals surface area contributed by atoms with E-state index in [9.17, 15) is 14.4 Å². The van der Waals surface area contributed by atoms with E-state index in [0.717, 1.165) is 31.4 Å². The number of ether oxygens (including phenoxy) is 3. The van der Waals surface area contributed by atoms with Gasteiger partial charge in [0.15, 0.2) is 6.10 Å². The van der Waals surface area contributed by atoms with Crippen molar-refractivity contribution < 1.29 is 28.6 Å². The number of hydrogen-bond donors (Lipinski definition) is 1. The molecule has 1 fully saturated rings. The Morgan fingerprint density at radius 3 is 1.90 bits per heavy atom. The van der Waals surface area contributed by atoms with Gasteiger partial charge in [-0.15, -0.1) is 0 Å². The monoisotopic (exact) mass is 736 g/mol. The molecule has 0 bridgehead atoms. The van der Waals surface area contributed by atoms with Crippen LogP contribution in [0.2, 0.25) is 0 Å². The summed E-state index contributed by atoms with van der Waals surface area (Å²) in [5.41, 5.74) is 8.26. The van der Waals surface area contributed by atoms with Gasteiger partial charge >= 0.3 is 17.9 Å². The minimum Gasteiger partial charge on any atom is -0.462 e. The zero-order valence-corrected chi connectivity index (χ0v) is 31.9. The highest BCUT2D eigenvalue weighted by Gasteiger charge is 2.23. The second-order valence-corrected chi connectivity index (χ2v) is 14.5. The first kappa shape index (κ1) is 42.0. The molecule has 1 saturated carbocycles. The van der Waals surface area contributed by atoms with Crippen molar-refractivity contribution in [1.29, 1.82) is 0 Å². The molecule has 0 saturated heterocycles. The smallest absolute Gasteiger partial charge is 0.338 e. The first-order valence-electron chi connectivity index (χ1n) is 19.1. The molecule has 9 heteroatoms. The SMILES string of the molecule is CCCCCCCCCCCCCCCCCC(=O)OC(COC(C)=O)COC(=O)c1cc(Br)c(N)c(CN(CC)C2CCCCC2)c1. The molecule has 2 N–H and O–H groups in total. The largest absolute Gasteiger partial charge is 0.462 e. The van der Waals surface area contributed by atoms with Gasteiger partial charge in [-0.3, -0.25) is 14.5 Å². The minimum atomic E-state index is -0.875. The van der Waals surface area contributed by atoms with E-state index in [1.807, 2.05) is 0 Å². The van der Waals surface area contributed by atoms with Crippen molar-refractivity contribution in [2.75, 3.05) is 25.5 Å². The third kappa shape index (κ3) is 18.0. The molecule has 1 aliphatic rings. The molecule has 0 radical (unpaired) electrons. The van der Waals surface area contributed by atoms with Crippen LogP contribution in [-0.2, 0) is 30.3 Å². The fourth-order valence-electron chi connectivity index (χ4n) is 6.55. The molecule has 1 unspecified atom stereocenters. The van der Waals surface area contributed by atoms with Crippen LogP contribution in [0.5, 0.6) is 0 Å². The van der Waals surface area contributed by atoms with Gasteiger partial charge in [0.25, 0.3) is 0 Å². The molecule has 0 aliphatic heterocycles. The van der Waals surface area contributed by atoms with Crippen molar-refractivity contribution in [3.8, 4) is 0 Å². The maximum atomic E-state index is 13.1. The molecule has 1 atom stereocenters. The summed E-state index contributed by atoms with van der Waals surface area (Å²) in [6.07, 6.45) is 24.4. The fraction of sp³-hybridized carbons (Fsp3) is 0.769. The van der Waals surface area contributed by atoms with E-state index in [4.69, 9.17) is 19.9 Å². The average molecular weight is 738 g/mol. The number of nitrogens with zero attached hydrogens (tertiary/aromatic N) is 1. The van der Waals surface area contributed by atoms with Crippen molar-refractivity contribution >= 4 is 39.5 Å². The van der Waals surface area contributed by atoms with E-state index in [0.29, 0.717) is 28.3 Å². The molecular formula is C39H65BrN2O6. The Labute approximate surface area is 299 Å². The van der Waals surface area contributed by atoms with Crippen LogP contribution >= 0.6 is 15.9 Å². The van der Waals surface area contributed by atoms with Gasteiger partial charge in [0.05, 0.1) is 11.3 Å². The van der Waals surface area contributed by atoms with Crippen molar-refractivity contribution in [2.24, 2.45) is 0 Å². The summed E-state index contributed by atoms with van der Waals surface area (Å²) in [5.74, 6) is -1.42. The number of anilines is 1. The number of unbranched alkanes of at least 4 members (excludes halogenated alkanes) is 14. The van der Waals surface area contributed by atoms with E-state index >= 15 is 0 Å². The van der Waals surface area contributed by atoms with Gasteiger partial charge in [0.1, 0.15) is 13.2 Å². The fourth-order valence-corrected chi connectivity index (χ4v) is 7.05. The van der Waals surface area contributed by atoms with Crippen LogP contribution in [0.4, 0.5) is 5.69 Å². The second kappa shape index (κ2) is 25.8. The molecule has 0 heterocycles. The minimum absolute atomic E-state index is 0.170. The van der Waals surface area contributed by atoms with E-state index in [1.54, 1.807) is 12.1 Å². The third-order valence-electron chi connectivity index (χ3n) is 9.48. The maximum absolute atomic E-state index is 13.1. The van der Waals surface area contributed by atoms with Gasteiger partial charge < -0.3 is 19.9 Å². The number of rotatable bonds is 26. The summed E-state index contributed by atoms with van der Waals surface area (Å²) in [4.78, 5) is 39.6. The van der Waals surface area contributed by atoms with Crippen molar-refractivity contribution in [2.45, 2.75) is 174 Å². The molecule has 0 spiro atoms. The number of hydrogen-bond acceptors (Lipinski definition) is 8. The lowest BCUT2D eigenvalue weighted by molar-refractivity contribution is -0.160. The normalized spacial score (nSPS) is 14.2. The second-order valence-electron chi connectivity index (χ2n) is 13.6. The van der Waals surface area contributed by atoms with Gasteiger partial charge in [0.2, 0.25) is 0 Å². The van der Waals surface area contributed by atoms with Gasteiger partial charge in [0, 0.05) is 30.4 Å². The molecule has 8 nitrogen and oxygen atoms in total. The zero-order valence-electron chi connectivity index (χ0n) is 30.3. The van der Waals surface area contributed by atoms with Crippen molar-refractivity contribution in [3.63, 3.8) is 0 Å². The van der Waals surface area contributed by atoms with Crippen LogP contribution in [0.3, 0.4) is 0 Å². The number of benzene rings is 1. The number of halogens is 1. The molecular weight excluding hydrogens is 672 g/mol. The number of carbonyl (C=O) groups is 3. The highest BCUT2D eigenvalue weighted by atomic mass is 79.9. The van der Waals surface area contributed by atoms with Crippen molar-refractivity contribution in [1.82, 2.24) is 4.90 Å². The van der Waals surface area contributed by atoms with E-state index in [2.05, 4.69) is 34.7 Å². The van der Waals surface area contributed by atoms with Gasteiger partial charge in [-0.2, -0.15) is 0 Å². The average Bonchev–Trinajstić information content (AvgIpc) is 3.08. The lowest BCUT2D eigenvalue weighted by Crippen LogP contribution is -2.36. The van der Waals surface area contributed by atoms with E-state index < -0.39 is 18.0 Å². The van der Waals surface area contributed by atoms with E-state index in [-0.39, 0.29) is 25.6 Å². The van der Waals surface area contributed by atoms with Crippen LogP contribution in [0, 0.1) is 0 Å². The Kier molecular flexibility index (Phi) is 22.6. The number of nitrogens with two attached hydrogens (primary N) is 1. The van der Waals surface area contributed by atoms with Crippen LogP contribution in [0.1, 0.15) is 172 Å². The number of carbonyl (C=O) groups excluding carboxylic acids is 3.